The lowest BCUT2D eigenvalue weighted by atomic mass is 10.1. The van der Waals surface area contributed by atoms with Gasteiger partial charge in [-0.05, 0) is 31.0 Å². The summed E-state index contributed by atoms with van der Waals surface area (Å²) in [4.78, 5) is 12.7. The molecule has 3 aromatic rings. The zero-order valence-corrected chi connectivity index (χ0v) is 17.3. The van der Waals surface area contributed by atoms with Gasteiger partial charge in [0.1, 0.15) is 5.01 Å². The second kappa shape index (κ2) is 8.82. The number of anilines is 1. The van der Waals surface area contributed by atoms with Gasteiger partial charge in [-0.3, -0.25) is 10.1 Å². The van der Waals surface area contributed by atoms with Crippen LogP contribution in [0.2, 0.25) is 0 Å². The molecule has 0 spiro atoms. The first-order valence-corrected chi connectivity index (χ1v) is 10.0. The van der Waals surface area contributed by atoms with E-state index in [2.05, 4.69) is 34.5 Å². The van der Waals surface area contributed by atoms with Crippen LogP contribution in [0.1, 0.15) is 53.7 Å². The van der Waals surface area contributed by atoms with Gasteiger partial charge in [-0.25, -0.2) is 4.68 Å². The number of rotatable bonds is 7. The van der Waals surface area contributed by atoms with Crippen LogP contribution in [0.15, 0.2) is 30.5 Å². The van der Waals surface area contributed by atoms with Crippen LogP contribution in [0.3, 0.4) is 0 Å². The van der Waals surface area contributed by atoms with Crippen molar-refractivity contribution in [3.63, 3.8) is 0 Å². The summed E-state index contributed by atoms with van der Waals surface area (Å²) in [7, 11) is 1.35. The highest BCUT2D eigenvalue weighted by Gasteiger charge is 2.31. The zero-order valence-electron chi connectivity index (χ0n) is 16.5. The van der Waals surface area contributed by atoms with Crippen molar-refractivity contribution >= 4 is 22.4 Å². The molecule has 0 saturated carbocycles. The summed E-state index contributed by atoms with van der Waals surface area (Å²) in [6, 6.07) is 4.63. The molecule has 30 heavy (non-hydrogen) atoms. The zero-order chi connectivity index (χ0) is 21.9. The molecule has 2 aromatic heterocycles. The van der Waals surface area contributed by atoms with Crippen LogP contribution in [-0.4, -0.2) is 33.0 Å². The predicted molar refractivity (Wildman–Crippen MR) is 106 cm³/mol. The maximum atomic E-state index is 13.0. The van der Waals surface area contributed by atoms with Crippen molar-refractivity contribution in [2.24, 2.45) is 0 Å². The molecule has 0 aliphatic rings. The Morgan fingerprint density at radius 3 is 2.63 bits per heavy atom. The number of carbonyl (C=O) groups is 1. The van der Waals surface area contributed by atoms with Gasteiger partial charge in [0.15, 0.2) is 11.4 Å². The monoisotopic (exact) mass is 439 g/mol. The Labute approximate surface area is 174 Å². The van der Waals surface area contributed by atoms with E-state index in [0.29, 0.717) is 5.13 Å². The molecular formula is C19H20F3N5O2S. The summed E-state index contributed by atoms with van der Waals surface area (Å²) in [6.07, 6.45) is -1.32. The second-order valence-corrected chi connectivity index (χ2v) is 7.46. The van der Waals surface area contributed by atoms with Crippen LogP contribution in [0.5, 0.6) is 5.75 Å². The highest BCUT2D eigenvalue weighted by Crippen LogP contribution is 2.31. The highest BCUT2D eigenvalue weighted by molar-refractivity contribution is 7.15. The number of amides is 1. The van der Waals surface area contributed by atoms with Crippen molar-refractivity contribution in [2.45, 2.75) is 38.8 Å². The van der Waals surface area contributed by atoms with E-state index >= 15 is 0 Å². The summed E-state index contributed by atoms with van der Waals surface area (Å²) in [5, 5.41) is 16.0. The number of hydrogen-bond donors (Lipinski definition) is 1. The number of methoxy groups -OCH3 is 1. The van der Waals surface area contributed by atoms with E-state index < -0.39 is 17.6 Å². The minimum absolute atomic E-state index is 0.0748. The van der Waals surface area contributed by atoms with Gasteiger partial charge in [-0.2, -0.15) is 18.3 Å². The number of ether oxygens (including phenoxy) is 1. The normalized spacial score (nSPS) is 11.7. The SMILES string of the molecule is CCC(CC)c1nnc(NC(=O)c2nn(-c3cccc(C(F)(F)F)c3)cc2OC)s1. The molecule has 1 N–H and O–H groups in total. The smallest absolute Gasteiger partial charge is 0.416 e. The Morgan fingerprint density at radius 1 is 1.27 bits per heavy atom. The number of aromatic nitrogens is 4. The third-order valence-corrected chi connectivity index (χ3v) is 5.55. The van der Waals surface area contributed by atoms with Crippen LogP contribution in [0, 0.1) is 0 Å². The predicted octanol–water partition coefficient (Wildman–Crippen LogP) is 4.91. The molecule has 0 unspecified atom stereocenters. The molecule has 3 rings (SSSR count). The third kappa shape index (κ3) is 4.61. The first-order valence-electron chi connectivity index (χ1n) is 9.22. The lowest BCUT2D eigenvalue weighted by molar-refractivity contribution is -0.137. The summed E-state index contributed by atoms with van der Waals surface area (Å²) < 4.78 is 45.3. The average molecular weight is 439 g/mol. The van der Waals surface area contributed by atoms with Crippen molar-refractivity contribution in [1.82, 2.24) is 20.0 Å². The van der Waals surface area contributed by atoms with E-state index in [1.54, 1.807) is 0 Å². The Bertz CT molecular complexity index is 1030. The topological polar surface area (TPSA) is 81.9 Å². The molecule has 0 bridgehead atoms. The van der Waals surface area contributed by atoms with E-state index in [9.17, 15) is 18.0 Å². The summed E-state index contributed by atoms with van der Waals surface area (Å²) >= 11 is 1.28. The van der Waals surface area contributed by atoms with Crippen molar-refractivity contribution in [1.29, 1.82) is 0 Å². The van der Waals surface area contributed by atoms with Crippen LogP contribution in [-0.2, 0) is 6.18 Å². The largest absolute Gasteiger partial charge is 0.493 e. The lowest BCUT2D eigenvalue weighted by Crippen LogP contribution is -2.14. The van der Waals surface area contributed by atoms with Crippen molar-refractivity contribution in [3.8, 4) is 11.4 Å². The first kappa shape index (κ1) is 21.8. The number of benzene rings is 1. The fourth-order valence-corrected chi connectivity index (χ4v) is 3.87. The number of hydrogen-bond acceptors (Lipinski definition) is 6. The number of carbonyl (C=O) groups excluding carboxylic acids is 1. The van der Waals surface area contributed by atoms with E-state index in [1.807, 2.05) is 0 Å². The van der Waals surface area contributed by atoms with Crippen LogP contribution in [0.4, 0.5) is 18.3 Å². The van der Waals surface area contributed by atoms with E-state index in [1.165, 1.54) is 41.5 Å². The average Bonchev–Trinajstić information content (AvgIpc) is 3.36. The third-order valence-electron chi connectivity index (χ3n) is 4.55. The Hall–Kier alpha value is -2.95. The summed E-state index contributed by atoms with van der Waals surface area (Å²) in [5.41, 5.74) is -0.744. The van der Waals surface area contributed by atoms with E-state index in [4.69, 9.17) is 4.74 Å². The van der Waals surface area contributed by atoms with E-state index in [-0.39, 0.29) is 23.0 Å². The van der Waals surface area contributed by atoms with Gasteiger partial charge in [0.2, 0.25) is 5.13 Å². The molecule has 0 aliphatic heterocycles. The molecule has 160 valence electrons. The molecule has 0 radical (unpaired) electrons. The maximum Gasteiger partial charge on any atom is 0.416 e. The van der Waals surface area contributed by atoms with Crippen molar-refractivity contribution < 1.29 is 22.7 Å². The lowest BCUT2D eigenvalue weighted by Gasteiger charge is -2.08. The molecule has 2 heterocycles. The first-order chi connectivity index (χ1) is 14.3. The summed E-state index contributed by atoms with van der Waals surface area (Å²) in [5.74, 6) is -0.206. The molecule has 1 amide bonds. The van der Waals surface area contributed by atoms with Crippen molar-refractivity contribution in [3.05, 3.63) is 46.7 Å². The molecule has 0 aliphatic carbocycles. The molecule has 11 heteroatoms. The van der Waals surface area contributed by atoms with Crippen LogP contribution >= 0.6 is 11.3 Å². The Kier molecular flexibility index (Phi) is 6.40. The number of nitrogens with zero attached hydrogens (tertiary/aromatic N) is 4. The number of nitrogens with one attached hydrogen (secondary N) is 1. The number of alkyl halides is 3. The van der Waals surface area contributed by atoms with Crippen LogP contribution < -0.4 is 10.1 Å². The fraction of sp³-hybridized carbons (Fsp3) is 0.368. The van der Waals surface area contributed by atoms with Gasteiger partial charge < -0.3 is 4.74 Å². The standard InChI is InChI=1S/C19H20F3N5O2S/c1-4-11(5-2)17-24-25-18(30-17)23-16(28)15-14(29-3)10-27(26-15)13-8-6-7-12(9-13)19(20,21)22/h6-11H,4-5H2,1-3H3,(H,23,25,28). The summed E-state index contributed by atoms with van der Waals surface area (Å²) in [6.45, 7) is 4.11. The Balaban J connectivity index is 1.85. The van der Waals surface area contributed by atoms with Gasteiger partial charge in [-0.15, -0.1) is 10.2 Å². The fourth-order valence-electron chi connectivity index (χ4n) is 2.87. The van der Waals surface area contributed by atoms with E-state index in [0.717, 1.165) is 30.0 Å². The second-order valence-electron chi connectivity index (χ2n) is 6.45. The van der Waals surface area contributed by atoms with Crippen molar-refractivity contribution in [2.75, 3.05) is 12.4 Å². The molecule has 0 fully saturated rings. The maximum absolute atomic E-state index is 13.0. The van der Waals surface area contributed by atoms with Crippen LogP contribution in [0.25, 0.3) is 5.69 Å². The van der Waals surface area contributed by atoms with Gasteiger partial charge in [-0.1, -0.05) is 31.3 Å². The van der Waals surface area contributed by atoms with Gasteiger partial charge in [0.25, 0.3) is 5.91 Å². The molecule has 0 atom stereocenters. The molecular weight excluding hydrogens is 419 g/mol. The Morgan fingerprint density at radius 2 is 2.00 bits per heavy atom. The minimum Gasteiger partial charge on any atom is -0.493 e. The highest BCUT2D eigenvalue weighted by atomic mass is 32.1. The molecule has 0 saturated heterocycles. The van der Waals surface area contributed by atoms with Gasteiger partial charge in [0, 0.05) is 5.92 Å². The van der Waals surface area contributed by atoms with Gasteiger partial charge >= 0.3 is 6.18 Å². The molecule has 1 aromatic carbocycles. The quantitative estimate of drug-likeness (QED) is 0.566. The minimum atomic E-state index is -4.49. The van der Waals surface area contributed by atoms with Gasteiger partial charge in [0.05, 0.1) is 24.6 Å². The number of halogens is 3. The molecule has 7 nitrogen and oxygen atoms in total.